The molecule has 0 spiro atoms. The van der Waals surface area contributed by atoms with Crippen LogP contribution in [0.15, 0.2) is 0 Å². The van der Waals surface area contributed by atoms with E-state index >= 15 is 0 Å². The average molecular weight is 1480 g/mol. The Bertz CT molecular complexity index is 1960. The van der Waals surface area contributed by atoms with Gasteiger partial charge in [-0.15, -0.1) is 0 Å². The fraction of sp³-hybridized carbons (Fsp3) is 0.951. The van der Waals surface area contributed by atoms with Crippen LogP contribution >= 0.6 is 15.6 Å². The highest BCUT2D eigenvalue weighted by Gasteiger charge is 2.30. The summed E-state index contributed by atoms with van der Waals surface area (Å²) in [5.74, 6) is 0.341. The van der Waals surface area contributed by atoms with E-state index in [-0.39, 0.29) is 25.7 Å². The molecule has 0 bridgehead atoms. The summed E-state index contributed by atoms with van der Waals surface area (Å²) in [5, 5.41) is 10.6. The molecule has 0 rings (SSSR count). The second kappa shape index (κ2) is 72.3. The first-order chi connectivity index (χ1) is 48.8. The SMILES string of the molecule is CCCCCCCCCC(=O)OC[C@H](COP(=O)(O)OC[C@H](O)COP(=O)(O)OC[C@@H](COC(=O)CCCCCCCCCCCCCCCCC(C)CC)OC(=O)CCCCCCCCCCCCCCCCCCC(C)C)OC(=O)CCCCCCCCCCCCCCCCC(C)C. The number of carbonyl (C=O) groups is 4. The normalized spacial score (nSPS) is 14.2. The lowest BCUT2D eigenvalue weighted by Crippen LogP contribution is -2.30. The molecular weight excluding hydrogens is 1320 g/mol. The molecule has 19 heteroatoms. The number of rotatable bonds is 80. The van der Waals surface area contributed by atoms with Crippen LogP contribution in [0, 0.1) is 17.8 Å². The summed E-state index contributed by atoms with van der Waals surface area (Å²) in [6.45, 7) is 12.0. The third-order valence-electron chi connectivity index (χ3n) is 19.5. The second-order valence-corrected chi connectivity index (χ2v) is 33.6. The fourth-order valence-corrected chi connectivity index (χ4v) is 14.2. The van der Waals surface area contributed by atoms with E-state index in [1.54, 1.807) is 0 Å². The van der Waals surface area contributed by atoms with Crippen molar-refractivity contribution in [3.05, 3.63) is 0 Å². The molecule has 3 N–H and O–H groups in total. The van der Waals surface area contributed by atoms with E-state index in [9.17, 15) is 43.2 Å². The van der Waals surface area contributed by atoms with E-state index in [0.717, 1.165) is 120 Å². The number of aliphatic hydroxyl groups excluding tert-OH is 1. The van der Waals surface area contributed by atoms with Crippen molar-refractivity contribution in [2.75, 3.05) is 39.6 Å². The van der Waals surface area contributed by atoms with Gasteiger partial charge in [0.05, 0.1) is 26.4 Å². The van der Waals surface area contributed by atoms with Gasteiger partial charge in [0.1, 0.15) is 19.3 Å². The van der Waals surface area contributed by atoms with Crippen LogP contribution in [0.25, 0.3) is 0 Å². The summed E-state index contributed by atoms with van der Waals surface area (Å²) in [6.07, 6.45) is 61.1. The number of esters is 4. The van der Waals surface area contributed by atoms with Gasteiger partial charge >= 0.3 is 39.5 Å². The molecule has 6 atom stereocenters. The number of unbranched alkanes of at least 4 members (excludes halogenated alkanes) is 47. The molecule has 0 aromatic rings. The van der Waals surface area contributed by atoms with Gasteiger partial charge in [-0.25, -0.2) is 9.13 Å². The van der Waals surface area contributed by atoms with Crippen molar-refractivity contribution in [3.63, 3.8) is 0 Å². The number of ether oxygens (including phenoxy) is 4. The summed E-state index contributed by atoms with van der Waals surface area (Å²) in [6, 6.07) is 0. The molecule has 0 aliphatic rings. The van der Waals surface area contributed by atoms with Crippen molar-refractivity contribution < 1.29 is 80.2 Å². The summed E-state index contributed by atoms with van der Waals surface area (Å²) in [5.41, 5.74) is 0. The zero-order valence-electron chi connectivity index (χ0n) is 66.4. The van der Waals surface area contributed by atoms with Crippen molar-refractivity contribution in [1.82, 2.24) is 0 Å². The topological polar surface area (TPSA) is 237 Å². The summed E-state index contributed by atoms with van der Waals surface area (Å²) < 4.78 is 68.7. The maximum atomic E-state index is 13.1. The molecule has 0 heterocycles. The van der Waals surface area contributed by atoms with Crippen LogP contribution < -0.4 is 0 Å². The van der Waals surface area contributed by atoms with Crippen LogP contribution in [-0.4, -0.2) is 96.7 Å². The van der Waals surface area contributed by atoms with Crippen molar-refractivity contribution in [1.29, 1.82) is 0 Å². The van der Waals surface area contributed by atoms with Gasteiger partial charge in [-0.05, 0) is 43.4 Å². The van der Waals surface area contributed by atoms with Gasteiger partial charge in [0.25, 0.3) is 0 Å². The van der Waals surface area contributed by atoms with Gasteiger partial charge in [-0.3, -0.25) is 37.3 Å². The first kappa shape index (κ1) is 99.1. The maximum absolute atomic E-state index is 13.1. The molecule has 0 aromatic heterocycles. The summed E-state index contributed by atoms with van der Waals surface area (Å²) >= 11 is 0. The van der Waals surface area contributed by atoms with Gasteiger partial charge in [-0.2, -0.15) is 0 Å². The molecule has 0 amide bonds. The van der Waals surface area contributed by atoms with Crippen LogP contribution in [0.5, 0.6) is 0 Å². The van der Waals surface area contributed by atoms with Crippen LogP contribution in [0.4, 0.5) is 0 Å². The molecule has 0 radical (unpaired) electrons. The molecule has 600 valence electrons. The van der Waals surface area contributed by atoms with Gasteiger partial charge in [-0.1, -0.05) is 376 Å². The molecule has 3 unspecified atom stereocenters. The lowest BCUT2D eigenvalue weighted by Gasteiger charge is -2.21. The van der Waals surface area contributed by atoms with E-state index in [2.05, 4.69) is 48.5 Å². The third kappa shape index (κ3) is 74.7. The van der Waals surface area contributed by atoms with Crippen molar-refractivity contribution in [2.45, 2.75) is 446 Å². The zero-order chi connectivity index (χ0) is 74.4. The number of phosphoric ester groups is 2. The number of hydrogen-bond donors (Lipinski definition) is 3. The quantitative estimate of drug-likeness (QED) is 0.0222. The van der Waals surface area contributed by atoms with Crippen molar-refractivity contribution >= 4 is 39.5 Å². The zero-order valence-corrected chi connectivity index (χ0v) is 68.2. The Labute approximate surface area is 619 Å². The molecule has 0 aliphatic carbocycles. The molecule has 0 saturated carbocycles. The minimum absolute atomic E-state index is 0.107. The van der Waals surface area contributed by atoms with Gasteiger partial charge in [0.2, 0.25) is 0 Å². The van der Waals surface area contributed by atoms with Gasteiger partial charge in [0, 0.05) is 25.7 Å². The van der Waals surface area contributed by atoms with E-state index in [4.69, 9.17) is 37.0 Å². The Hall–Kier alpha value is -1.94. The smallest absolute Gasteiger partial charge is 0.462 e. The van der Waals surface area contributed by atoms with Crippen LogP contribution in [0.3, 0.4) is 0 Å². The van der Waals surface area contributed by atoms with Gasteiger partial charge < -0.3 is 33.8 Å². The lowest BCUT2D eigenvalue weighted by molar-refractivity contribution is -0.161. The maximum Gasteiger partial charge on any atom is 0.472 e. The molecule has 0 aromatic carbocycles. The molecule has 0 aliphatic heterocycles. The van der Waals surface area contributed by atoms with Crippen molar-refractivity contribution in [2.24, 2.45) is 17.8 Å². The fourth-order valence-electron chi connectivity index (χ4n) is 12.6. The highest BCUT2D eigenvalue weighted by atomic mass is 31.2. The third-order valence-corrected chi connectivity index (χ3v) is 21.4. The Morgan fingerprint density at radius 3 is 0.752 bits per heavy atom. The van der Waals surface area contributed by atoms with E-state index in [0.29, 0.717) is 25.7 Å². The first-order valence-corrected chi connectivity index (χ1v) is 45.4. The second-order valence-electron chi connectivity index (χ2n) is 30.7. The van der Waals surface area contributed by atoms with Crippen LogP contribution in [-0.2, 0) is 65.4 Å². The van der Waals surface area contributed by atoms with E-state index < -0.39 is 97.5 Å². The van der Waals surface area contributed by atoms with E-state index in [1.165, 1.54) is 225 Å². The van der Waals surface area contributed by atoms with Gasteiger partial charge in [0.15, 0.2) is 12.2 Å². The van der Waals surface area contributed by atoms with Crippen molar-refractivity contribution in [3.8, 4) is 0 Å². The molecule has 101 heavy (non-hydrogen) atoms. The molecule has 17 nitrogen and oxygen atoms in total. The largest absolute Gasteiger partial charge is 0.472 e. The number of hydrogen-bond acceptors (Lipinski definition) is 15. The summed E-state index contributed by atoms with van der Waals surface area (Å²) in [4.78, 5) is 72.9. The standard InChI is InChI=1S/C82H160O17P2/c1-8-10-11-12-39-49-56-63-79(84)92-69-77(98-81(86)65-59-52-45-38-32-26-19-17-22-28-34-41-47-54-61-74(5)6)71-96-100(88,89)94-67-76(83)68-95-101(90,91)97-72-78(70-93-80(85)64-57-50-43-36-30-24-20-18-23-29-35-42-48-55-62-75(7)9-2)99-82(87)66-58-51-44-37-31-25-16-14-13-15-21-27-33-40-46-53-60-73(3)4/h73-78,83H,8-72H2,1-7H3,(H,88,89)(H,90,91)/t75?,76-,77+,78+/m0/s1. The minimum atomic E-state index is -4.96. The Morgan fingerprint density at radius 2 is 0.505 bits per heavy atom. The number of aliphatic hydroxyl groups is 1. The molecule has 0 saturated heterocycles. The Balaban J connectivity index is 5.18. The van der Waals surface area contributed by atoms with Crippen LogP contribution in [0.2, 0.25) is 0 Å². The van der Waals surface area contributed by atoms with E-state index in [1.807, 2.05) is 0 Å². The minimum Gasteiger partial charge on any atom is -0.462 e. The number of carbonyl (C=O) groups excluding carboxylic acids is 4. The average Bonchev–Trinajstić information content (AvgIpc) is 1.14. The molecular formula is C82H160O17P2. The first-order valence-electron chi connectivity index (χ1n) is 42.4. The highest BCUT2D eigenvalue weighted by Crippen LogP contribution is 2.45. The predicted molar refractivity (Wildman–Crippen MR) is 414 cm³/mol. The summed E-state index contributed by atoms with van der Waals surface area (Å²) in [7, 11) is -9.92. The lowest BCUT2D eigenvalue weighted by atomic mass is 9.99. The monoisotopic (exact) mass is 1480 g/mol. The predicted octanol–water partition coefficient (Wildman–Crippen LogP) is 24.5. The number of phosphoric acid groups is 2. The Morgan fingerprint density at radius 1 is 0.287 bits per heavy atom. The molecule has 0 fully saturated rings. The Kier molecular flexibility index (Phi) is 70.9. The highest BCUT2D eigenvalue weighted by molar-refractivity contribution is 7.47. The van der Waals surface area contributed by atoms with Crippen LogP contribution in [0.1, 0.15) is 427 Å².